The maximum absolute atomic E-state index is 11.0. The van der Waals surface area contributed by atoms with Gasteiger partial charge in [-0.25, -0.2) is 0 Å². The smallest absolute Gasteiger partial charge is 0.235 e. The number of hydrogen-bond acceptors (Lipinski definition) is 3. The lowest BCUT2D eigenvalue weighted by molar-refractivity contribution is -0.129. The van der Waals surface area contributed by atoms with Gasteiger partial charge in [-0.15, -0.1) is 0 Å². The Kier molecular flexibility index (Phi) is 3.02. The highest BCUT2D eigenvalue weighted by molar-refractivity contribution is 7.85. The fourth-order valence-corrected chi connectivity index (χ4v) is 2.02. The Balaban J connectivity index is 2.44. The van der Waals surface area contributed by atoms with E-state index in [1.165, 1.54) is 0 Å². The van der Waals surface area contributed by atoms with Crippen molar-refractivity contribution in [3.63, 3.8) is 0 Å². The quantitative estimate of drug-likeness (QED) is 0.562. The van der Waals surface area contributed by atoms with Crippen molar-refractivity contribution >= 4 is 16.7 Å². The first kappa shape index (κ1) is 8.67. The predicted molar refractivity (Wildman–Crippen MR) is 41.5 cm³/mol. The lowest BCUT2D eigenvalue weighted by atomic mass is 10.4. The van der Waals surface area contributed by atoms with E-state index in [4.69, 9.17) is 5.11 Å². The molecule has 1 heterocycles. The van der Waals surface area contributed by atoms with Gasteiger partial charge in [-0.1, -0.05) is 0 Å². The molecule has 1 rings (SSSR count). The molecule has 1 saturated heterocycles. The molecule has 1 aliphatic heterocycles. The predicted octanol–water partition coefficient (Wildman–Crippen LogP) is -1.43. The maximum Gasteiger partial charge on any atom is 0.235 e. The average Bonchev–Trinajstić information content (AvgIpc) is 1.95. The molecule has 1 N–H and O–H groups in total. The SMILES string of the molecule is O=C1CS(=O)CCN1CCO. The molecule has 4 nitrogen and oxygen atoms in total. The molecule has 0 spiro atoms. The van der Waals surface area contributed by atoms with Gasteiger partial charge >= 0.3 is 0 Å². The number of carbonyl (C=O) groups is 1. The molecule has 0 aromatic rings. The van der Waals surface area contributed by atoms with E-state index in [9.17, 15) is 9.00 Å². The lowest BCUT2D eigenvalue weighted by Crippen LogP contribution is -2.44. The van der Waals surface area contributed by atoms with Crippen molar-refractivity contribution in [1.29, 1.82) is 0 Å². The standard InChI is InChI=1S/C6H11NO3S/c8-3-1-7-2-4-11(10)5-6(7)9/h8H,1-5H2. The third kappa shape index (κ3) is 2.27. The van der Waals surface area contributed by atoms with Gasteiger partial charge in [0.1, 0.15) is 5.75 Å². The van der Waals surface area contributed by atoms with E-state index in [0.717, 1.165) is 0 Å². The summed E-state index contributed by atoms with van der Waals surface area (Å²) in [6, 6.07) is 0. The van der Waals surface area contributed by atoms with E-state index in [1.54, 1.807) is 4.90 Å². The zero-order valence-corrected chi connectivity index (χ0v) is 6.97. The molecule has 0 aliphatic carbocycles. The van der Waals surface area contributed by atoms with E-state index >= 15 is 0 Å². The molecule has 0 saturated carbocycles. The van der Waals surface area contributed by atoms with Crippen LogP contribution in [-0.2, 0) is 15.6 Å². The Bertz CT molecular complexity index is 183. The number of amides is 1. The third-order valence-electron chi connectivity index (χ3n) is 1.60. The van der Waals surface area contributed by atoms with Crippen LogP contribution in [0.25, 0.3) is 0 Å². The second kappa shape index (κ2) is 3.82. The second-order valence-electron chi connectivity index (χ2n) is 2.39. The normalized spacial score (nSPS) is 25.7. The van der Waals surface area contributed by atoms with Crippen molar-refractivity contribution in [1.82, 2.24) is 4.90 Å². The molecule has 1 aliphatic rings. The summed E-state index contributed by atoms with van der Waals surface area (Å²) in [5.74, 6) is 0.565. The summed E-state index contributed by atoms with van der Waals surface area (Å²) < 4.78 is 10.8. The number of β-amino-alcohol motifs (C(OH)–C–C–N with tert-alkyl or cyclic N) is 1. The van der Waals surface area contributed by atoms with Gasteiger partial charge in [-0.05, 0) is 0 Å². The van der Waals surface area contributed by atoms with E-state index < -0.39 is 10.8 Å². The third-order valence-corrected chi connectivity index (χ3v) is 2.80. The lowest BCUT2D eigenvalue weighted by Gasteiger charge is -2.25. The number of carbonyl (C=O) groups excluding carboxylic acids is 1. The zero-order valence-electron chi connectivity index (χ0n) is 6.15. The van der Waals surface area contributed by atoms with Crippen molar-refractivity contribution in [3.8, 4) is 0 Å². The first-order valence-corrected chi connectivity index (χ1v) is 4.96. The van der Waals surface area contributed by atoms with Crippen molar-refractivity contribution in [2.45, 2.75) is 0 Å². The van der Waals surface area contributed by atoms with Crippen LogP contribution in [0.3, 0.4) is 0 Å². The number of aliphatic hydroxyl groups excluding tert-OH is 1. The molecule has 1 amide bonds. The van der Waals surface area contributed by atoms with E-state index in [-0.39, 0.29) is 18.3 Å². The maximum atomic E-state index is 11.0. The molecular formula is C6H11NO3S. The van der Waals surface area contributed by atoms with Crippen molar-refractivity contribution < 1.29 is 14.1 Å². The molecule has 1 atom stereocenters. The average molecular weight is 177 g/mol. The van der Waals surface area contributed by atoms with Crippen LogP contribution < -0.4 is 0 Å². The van der Waals surface area contributed by atoms with Gasteiger partial charge in [-0.3, -0.25) is 9.00 Å². The number of rotatable bonds is 2. The monoisotopic (exact) mass is 177 g/mol. The summed E-state index contributed by atoms with van der Waals surface area (Å²) in [7, 11) is -0.967. The van der Waals surface area contributed by atoms with Crippen LogP contribution in [-0.4, -0.2) is 51.3 Å². The van der Waals surface area contributed by atoms with Gasteiger partial charge < -0.3 is 10.0 Å². The van der Waals surface area contributed by atoms with Crippen LogP contribution in [0.15, 0.2) is 0 Å². The van der Waals surface area contributed by atoms with Gasteiger partial charge in [-0.2, -0.15) is 0 Å². The highest BCUT2D eigenvalue weighted by atomic mass is 32.2. The molecule has 11 heavy (non-hydrogen) atoms. The van der Waals surface area contributed by atoms with Crippen molar-refractivity contribution in [2.75, 3.05) is 31.2 Å². The van der Waals surface area contributed by atoms with Gasteiger partial charge in [0.15, 0.2) is 0 Å². The van der Waals surface area contributed by atoms with Crippen LogP contribution in [0.1, 0.15) is 0 Å². The molecule has 0 aromatic carbocycles. The fourth-order valence-electron chi connectivity index (χ4n) is 0.995. The zero-order chi connectivity index (χ0) is 8.27. The molecule has 0 bridgehead atoms. The molecule has 1 fully saturated rings. The Hall–Kier alpha value is -0.420. The van der Waals surface area contributed by atoms with Crippen LogP contribution in [0.2, 0.25) is 0 Å². The van der Waals surface area contributed by atoms with E-state index in [2.05, 4.69) is 0 Å². The van der Waals surface area contributed by atoms with Crippen molar-refractivity contribution in [3.05, 3.63) is 0 Å². The topological polar surface area (TPSA) is 57.6 Å². The summed E-state index contributed by atoms with van der Waals surface area (Å²) in [5.41, 5.74) is 0. The van der Waals surface area contributed by atoms with Gasteiger partial charge in [0, 0.05) is 29.6 Å². The summed E-state index contributed by atoms with van der Waals surface area (Å²) in [6.07, 6.45) is 0. The van der Waals surface area contributed by atoms with Gasteiger partial charge in [0.25, 0.3) is 0 Å². The first-order valence-electron chi connectivity index (χ1n) is 3.47. The first-order chi connectivity index (χ1) is 5.24. The minimum absolute atomic E-state index is 0.0155. The Morgan fingerprint density at radius 1 is 1.64 bits per heavy atom. The Morgan fingerprint density at radius 3 is 2.91 bits per heavy atom. The Labute approximate surface area is 67.6 Å². The van der Waals surface area contributed by atoms with E-state index in [1.807, 2.05) is 0 Å². The summed E-state index contributed by atoms with van der Waals surface area (Å²) >= 11 is 0. The number of hydrogen-bond donors (Lipinski definition) is 1. The van der Waals surface area contributed by atoms with E-state index in [0.29, 0.717) is 18.8 Å². The number of aliphatic hydroxyl groups is 1. The molecule has 5 heteroatoms. The minimum Gasteiger partial charge on any atom is -0.395 e. The molecule has 64 valence electrons. The second-order valence-corrected chi connectivity index (χ2v) is 3.97. The molecule has 0 aromatic heterocycles. The van der Waals surface area contributed by atoms with Gasteiger partial charge in [0.2, 0.25) is 5.91 Å². The van der Waals surface area contributed by atoms with Crippen molar-refractivity contribution in [2.24, 2.45) is 0 Å². The van der Waals surface area contributed by atoms with Crippen LogP contribution in [0, 0.1) is 0 Å². The molecule has 1 unspecified atom stereocenters. The van der Waals surface area contributed by atoms with Crippen LogP contribution in [0.4, 0.5) is 0 Å². The Morgan fingerprint density at radius 2 is 2.36 bits per heavy atom. The van der Waals surface area contributed by atoms with Crippen LogP contribution >= 0.6 is 0 Å². The highest BCUT2D eigenvalue weighted by Crippen LogP contribution is 2.00. The fraction of sp³-hybridized carbons (Fsp3) is 0.833. The summed E-state index contributed by atoms with van der Waals surface area (Å²) in [6.45, 7) is 0.875. The molecule has 0 radical (unpaired) electrons. The van der Waals surface area contributed by atoms with Crippen LogP contribution in [0.5, 0.6) is 0 Å². The van der Waals surface area contributed by atoms with Gasteiger partial charge in [0.05, 0.1) is 6.61 Å². The molecular weight excluding hydrogens is 166 g/mol. The summed E-state index contributed by atoms with van der Waals surface area (Å²) in [5, 5.41) is 8.53. The minimum atomic E-state index is -0.967. The largest absolute Gasteiger partial charge is 0.395 e. The number of nitrogens with zero attached hydrogens (tertiary/aromatic N) is 1. The summed E-state index contributed by atoms with van der Waals surface area (Å²) in [4.78, 5) is 12.6. The highest BCUT2D eigenvalue weighted by Gasteiger charge is 2.21.